The molecule has 0 aliphatic carbocycles. The van der Waals surface area contributed by atoms with Crippen LogP contribution in [0.2, 0.25) is 0 Å². The van der Waals surface area contributed by atoms with E-state index in [1.54, 1.807) is 0 Å². The number of benzene rings is 1. The van der Waals surface area contributed by atoms with Crippen molar-refractivity contribution in [2.45, 2.75) is 32.1 Å². The Kier molecular flexibility index (Phi) is 5.91. The summed E-state index contributed by atoms with van der Waals surface area (Å²) in [5.74, 6) is -3.75. The molecule has 0 saturated carbocycles. The maximum absolute atomic E-state index is 10.6. The fourth-order valence-electron chi connectivity index (χ4n) is 1.85. The molecule has 0 atom stereocenters. The number of rotatable bonds is 8. The smallest absolute Gasteiger partial charge is 0.317 e. The predicted molar refractivity (Wildman–Crippen MR) is 67.4 cm³/mol. The van der Waals surface area contributed by atoms with Gasteiger partial charge < -0.3 is 10.2 Å². The van der Waals surface area contributed by atoms with Gasteiger partial charge in [-0.1, -0.05) is 43.2 Å². The highest BCUT2D eigenvalue weighted by molar-refractivity contribution is 5.92. The van der Waals surface area contributed by atoms with Crippen molar-refractivity contribution in [1.82, 2.24) is 0 Å². The van der Waals surface area contributed by atoms with Gasteiger partial charge in [-0.25, -0.2) is 0 Å². The highest BCUT2D eigenvalue weighted by atomic mass is 16.4. The van der Waals surface area contributed by atoms with E-state index in [0.717, 1.165) is 19.3 Å². The van der Waals surface area contributed by atoms with Gasteiger partial charge >= 0.3 is 11.9 Å². The van der Waals surface area contributed by atoms with Crippen molar-refractivity contribution in [1.29, 1.82) is 0 Å². The molecule has 0 heterocycles. The Morgan fingerprint density at radius 3 is 2.11 bits per heavy atom. The van der Waals surface area contributed by atoms with Gasteiger partial charge in [-0.3, -0.25) is 9.59 Å². The minimum Gasteiger partial charge on any atom is -0.481 e. The zero-order chi connectivity index (χ0) is 13.4. The van der Waals surface area contributed by atoms with Crippen LogP contribution in [0.5, 0.6) is 0 Å². The SMILES string of the molecule is O=C(O)C(CCCCCc1ccccc1)C(=O)O. The molecule has 0 radical (unpaired) electrons. The molecule has 98 valence electrons. The fraction of sp³-hybridized carbons (Fsp3) is 0.429. The summed E-state index contributed by atoms with van der Waals surface area (Å²) in [4.78, 5) is 21.3. The van der Waals surface area contributed by atoms with Crippen LogP contribution in [0.1, 0.15) is 31.2 Å². The van der Waals surface area contributed by atoms with Crippen LogP contribution in [0, 0.1) is 5.92 Å². The molecule has 0 unspecified atom stereocenters. The average Bonchev–Trinajstić information content (AvgIpc) is 2.34. The number of carboxylic acid groups (broad SMARTS) is 2. The lowest BCUT2D eigenvalue weighted by molar-refractivity contribution is -0.154. The van der Waals surface area contributed by atoms with E-state index < -0.39 is 17.9 Å². The lowest BCUT2D eigenvalue weighted by Crippen LogP contribution is -2.23. The lowest BCUT2D eigenvalue weighted by Gasteiger charge is -2.06. The largest absolute Gasteiger partial charge is 0.481 e. The fourth-order valence-corrected chi connectivity index (χ4v) is 1.85. The Bertz CT molecular complexity index is 372. The zero-order valence-electron chi connectivity index (χ0n) is 10.2. The molecule has 1 aromatic carbocycles. The van der Waals surface area contributed by atoms with Crippen molar-refractivity contribution in [3.05, 3.63) is 35.9 Å². The van der Waals surface area contributed by atoms with Gasteiger partial charge in [-0.05, 0) is 24.8 Å². The predicted octanol–water partition coefficient (Wildman–Crippen LogP) is 2.57. The van der Waals surface area contributed by atoms with Gasteiger partial charge in [-0.2, -0.15) is 0 Å². The summed E-state index contributed by atoms with van der Waals surface area (Å²) in [5, 5.41) is 17.4. The Morgan fingerprint density at radius 2 is 1.56 bits per heavy atom. The van der Waals surface area contributed by atoms with Crippen LogP contribution in [0.15, 0.2) is 30.3 Å². The molecule has 1 rings (SSSR count). The summed E-state index contributed by atoms with van der Waals surface area (Å²) in [6, 6.07) is 10.0. The van der Waals surface area contributed by atoms with E-state index in [4.69, 9.17) is 10.2 Å². The molecule has 0 aliphatic heterocycles. The normalized spacial score (nSPS) is 10.5. The number of aliphatic carboxylic acids is 2. The molecule has 0 saturated heterocycles. The second kappa shape index (κ2) is 7.48. The molecule has 2 N–H and O–H groups in total. The van der Waals surface area contributed by atoms with Gasteiger partial charge in [0, 0.05) is 0 Å². The van der Waals surface area contributed by atoms with Crippen molar-refractivity contribution in [2.75, 3.05) is 0 Å². The lowest BCUT2D eigenvalue weighted by atomic mass is 10.00. The summed E-state index contributed by atoms with van der Waals surface area (Å²) in [7, 11) is 0. The van der Waals surface area contributed by atoms with Crippen LogP contribution in [0.3, 0.4) is 0 Å². The first-order valence-corrected chi connectivity index (χ1v) is 6.11. The molecule has 1 aromatic rings. The quantitative estimate of drug-likeness (QED) is 0.549. The molecular formula is C14H18O4. The van der Waals surface area contributed by atoms with Gasteiger partial charge in [0.2, 0.25) is 0 Å². The standard InChI is InChI=1S/C14H18O4/c15-13(16)12(14(17)18)10-6-2-5-9-11-7-3-1-4-8-11/h1,3-4,7-8,12H,2,5-6,9-10H2,(H,15,16)(H,17,18). The summed E-state index contributed by atoms with van der Waals surface area (Å²) < 4.78 is 0. The zero-order valence-corrected chi connectivity index (χ0v) is 10.2. The molecule has 0 fully saturated rings. The van der Waals surface area contributed by atoms with Gasteiger partial charge in [-0.15, -0.1) is 0 Å². The van der Waals surface area contributed by atoms with E-state index in [2.05, 4.69) is 12.1 Å². The van der Waals surface area contributed by atoms with Crippen LogP contribution in [-0.2, 0) is 16.0 Å². The Balaban J connectivity index is 2.19. The van der Waals surface area contributed by atoms with Gasteiger partial charge in [0.1, 0.15) is 0 Å². The molecule has 0 bridgehead atoms. The summed E-state index contributed by atoms with van der Waals surface area (Å²) in [6.07, 6.45) is 3.60. The Hall–Kier alpha value is -1.84. The molecule has 0 spiro atoms. The average molecular weight is 250 g/mol. The molecule has 0 aliphatic rings. The Labute approximate surface area is 106 Å². The van der Waals surface area contributed by atoms with Crippen molar-refractivity contribution in [2.24, 2.45) is 5.92 Å². The monoisotopic (exact) mass is 250 g/mol. The van der Waals surface area contributed by atoms with Crippen molar-refractivity contribution in [3.8, 4) is 0 Å². The van der Waals surface area contributed by atoms with Crippen molar-refractivity contribution >= 4 is 11.9 Å². The van der Waals surface area contributed by atoms with E-state index in [1.807, 2.05) is 18.2 Å². The Morgan fingerprint density at radius 1 is 0.944 bits per heavy atom. The van der Waals surface area contributed by atoms with E-state index in [1.165, 1.54) is 5.56 Å². The highest BCUT2D eigenvalue weighted by Crippen LogP contribution is 2.12. The summed E-state index contributed by atoms with van der Waals surface area (Å²) in [5.41, 5.74) is 1.26. The number of aryl methyl sites for hydroxylation is 1. The van der Waals surface area contributed by atoms with Crippen LogP contribution < -0.4 is 0 Å². The van der Waals surface area contributed by atoms with E-state index in [-0.39, 0.29) is 6.42 Å². The van der Waals surface area contributed by atoms with Gasteiger partial charge in [0.05, 0.1) is 0 Å². The van der Waals surface area contributed by atoms with E-state index in [9.17, 15) is 9.59 Å². The molecular weight excluding hydrogens is 232 g/mol. The third kappa shape index (κ3) is 4.99. The number of hydrogen-bond donors (Lipinski definition) is 2. The molecule has 0 aromatic heterocycles. The van der Waals surface area contributed by atoms with E-state index >= 15 is 0 Å². The second-order valence-corrected chi connectivity index (χ2v) is 4.31. The minimum absolute atomic E-state index is 0.208. The highest BCUT2D eigenvalue weighted by Gasteiger charge is 2.24. The van der Waals surface area contributed by atoms with Crippen molar-refractivity contribution in [3.63, 3.8) is 0 Å². The topological polar surface area (TPSA) is 74.6 Å². The second-order valence-electron chi connectivity index (χ2n) is 4.31. The third-order valence-electron chi connectivity index (χ3n) is 2.90. The maximum atomic E-state index is 10.6. The first-order chi connectivity index (χ1) is 8.61. The number of carboxylic acids is 2. The maximum Gasteiger partial charge on any atom is 0.317 e. The van der Waals surface area contributed by atoms with Crippen LogP contribution in [-0.4, -0.2) is 22.2 Å². The molecule has 4 heteroatoms. The third-order valence-corrected chi connectivity index (χ3v) is 2.90. The molecule has 0 amide bonds. The van der Waals surface area contributed by atoms with Crippen LogP contribution in [0.4, 0.5) is 0 Å². The molecule has 18 heavy (non-hydrogen) atoms. The summed E-state index contributed by atoms with van der Waals surface area (Å²) >= 11 is 0. The molecule has 4 nitrogen and oxygen atoms in total. The number of carbonyl (C=O) groups is 2. The van der Waals surface area contributed by atoms with E-state index in [0.29, 0.717) is 6.42 Å². The number of unbranched alkanes of at least 4 members (excludes halogenated alkanes) is 2. The first kappa shape index (κ1) is 14.2. The van der Waals surface area contributed by atoms with Gasteiger partial charge in [0.15, 0.2) is 5.92 Å². The number of hydrogen-bond acceptors (Lipinski definition) is 2. The van der Waals surface area contributed by atoms with Gasteiger partial charge in [0.25, 0.3) is 0 Å². The van der Waals surface area contributed by atoms with Crippen LogP contribution >= 0.6 is 0 Å². The van der Waals surface area contributed by atoms with Crippen molar-refractivity contribution < 1.29 is 19.8 Å². The van der Waals surface area contributed by atoms with Crippen LogP contribution in [0.25, 0.3) is 0 Å². The summed E-state index contributed by atoms with van der Waals surface area (Å²) in [6.45, 7) is 0. The first-order valence-electron chi connectivity index (χ1n) is 6.11. The minimum atomic E-state index is -1.26.